The Kier molecular flexibility index (Phi) is 3.61. The second-order valence-corrected chi connectivity index (χ2v) is 4.05. The number of benzene rings is 1. The van der Waals surface area contributed by atoms with E-state index in [-0.39, 0.29) is 23.8 Å². The number of hydrogen-bond donors (Lipinski definition) is 2. The fraction of sp³-hybridized carbons (Fsp3) is 0.417. The summed E-state index contributed by atoms with van der Waals surface area (Å²) in [5, 5.41) is 18.6. The molecule has 1 heterocycles. The van der Waals surface area contributed by atoms with Gasteiger partial charge in [-0.25, -0.2) is 0 Å². The number of phenols is 2. The minimum Gasteiger partial charge on any atom is -0.508 e. The fourth-order valence-corrected chi connectivity index (χ4v) is 1.81. The van der Waals surface area contributed by atoms with Gasteiger partial charge in [0.25, 0.3) is 0 Å². The van der Waals surface area contributed by atoms with Gasteiger partial charge in [0.1, 0.15) is 11.5 Å². The summed E-state index contributed by atoms with van der Waals surface area (Å²) in [6.07, 6.45) is 0. The molecule has 0 bridgehead atoms. The van der Waals surface area contributed by atoms with Gasteiger partial charge in [0, 0.05) is 24.7 Å². The third-order valence-corrected chi connectivity index (χ3v) is 2.70. The van der Waals surface area contributed by atoms with E-state index in [4.69, 9.17) is 4.74 Å². The predicted molar refractivity (Wildman–Crippen MR) is 61.4 cm³/mol. The van der Waals surface area contributed by atoms with Crippen LogP contribution in [0.1, 0.15) is 10.4 Å². The summed E-state index contributed by atoms with van der Waals surface area (Å²) in [5.74, 6) is -0.316. The summed E-state index contributed by atoms with van der Waals surface area (Å²) in [6, 6.07) is 3.93. The number of Topliss-reactive ketones (excluding diaryl/α,β-unsaturated/α-hetero) is 1. The third kappa shape index (κ3) is 3.18. The topological polar surface area (TPSA) is 70.0 Å². The van der Waals surface area contributed by atoms with E-state index in [1.165, 1.54) is 18.2 Å². The van der Waals surface area contributed by atoms with Crippen molar-refractivity contribution in [1.29, 1.82) is 0 Å². The number of phenolic OH excluding ortho intramolecular Hbond substituents is 2. The lowest BCUT2D eigenvalue weighted by atomic mass is 10.1. The molecule has 1 fully saturated rings. The largest absolute Gasteiger partial charge is 0.508 e. The van der Waals surface area contributed by atoms with Gasteiger partial charge >= 0.3 is 0 Å². The zero-order valence-electron chi connectivity index (χ0n) is 9.43. The molecule has 5 heteroatoms. The molecule has 0 unspecified atom stereocenters. The lowest BCUT2D eigenvalue weighted by Gasteiger charge is -2.25. The van der Waals surface area contributed by atoms with Crippen LogP contribution in [0.4, 0.5) is 0 Å². The van der Waals surface area contributed by atoms with E-state index in [1.807, 2.05) is 4.90 Å². The van der Waals surface area contributed by atoms with Crippen molar-refractivity contribution in [3.05, 3.63) is 23.8 Å². The van der Waals surface area contributed by atoms with Crippen molar-refractivity contribution < 1.29 is 19.7 Å². The Balaban J connectivity index is 2.03. The standard InChI is InChI=1S/C12H15NO4/c14-10-5-9(6-11(15)7-10)12(16)8-13-1-3-17-4-2-13/h5-7,14-15H,1-4,8H2. The van der Waals surface area contributed by atoms with Gasteiger partial charge in [0.2, 0.25) is 0 Å². The first kappa shape index (κ1) is 11.9. The number of hydrogen-bond acceptors (Lipinski definition) is 5. The highest BCUT2D eigenvalue weighted by atomic mass is 16.5. The van der Waals surface area contributed by atoms with Crippen LogP contribution in [-0.2, 0) is 4.74 Å². The molecule has 0 spiro atoms. The Morgan fingerprint density at radius 1 is 1.18 bits per heavy atom. The van der Waals surface area contributed by atoms with Gasteiger partial charge in [-0.2, -0.15) is 0 Å². The minimum absolute atomic E-state index is 0.102. The summed E-state index contributed by atoms with van der Waals surface area (Å²) in [6.45, 7) is 3.02. The number of carbonyl (C=O) groups excluding carboxylic acids is 1. The van der Waals surface area contributed by atoms with Gasteiger partial charge < -0.3 is 14.9 Å². The molecule has 0 saturated carbocycles. The van der Waals surface area contributed by atoms with Crippen LogP contribution in [0, 0.1) is 0 Å². The lowest BCUT2D eigenvalue weighted by Crippen LogP contribution is -2.39. The predicted octanol–water partition coefficient (Wildman–Crippen LogP) is 0.613. The van der Waals surface area contributed by atoms with Crippen LogP contribution in [0.2, 0.25) is 0 Å². The molecule has 0 amide bonds. The summed E-state index contributed by atoms with van der Waals surface area (Å²) >= 11 is 0. The van der Waals surface area contributed by atoms with E-state index in [9.17, 15) is 15.0 Å². The SMILES string of the molecule is O=C(CN1CCOCC1)c1cc(O)cc(O)c1. The van der Waals surface area contributed by atoms with E-state index >= 15 is 0 Å². The van der Waals surface area contributed by atoms with Crippen molar-refractivity contribution in [2.75, 3.05) is 32.8 Å². The van der Waals surface area contributed by atoms with Crippen LogP contribution >= 0.6 is 0 Å². The van der Waals surface area contributed by atoms with Gasteiger partial charge in [-0.3, -0.25) is 9.69 Å². The normalized spacial score (nSPS) is 16.9. The van der Waals surface area contributed by atoms with Gasteiger partial charge in [-0.15, -0.1) is 0 Å². The van der Waals surface area contributed by atoms with Crippen molar-refractivity contribution in [3.8, 4) is 11.5 Å². The van der Waals surface area contributed by atoms with Crippen LogP contribution in [-0.4, -0.2) is 53.7 Å². The maximum atomic E-state index is 11.9. The first-order chi connectivity index (χ1) is 8.15. The van der Waals surface area contributed by atoms with Gasteiger partial charge in [0.05, 0.1) is 19.8 Å². The molecule has 1 aromatic rings. The highest BCUT2D eigenvalue weighted by Crippen LogP contribution is 2.20. The van der Waals surface area contributed by atoms with Crippen LogP contribution in [0.15, 0.2) is 18.2 Å². The molecule has 17 heavy (non-hydrogen) atoms. The smallest absolute Gasteiger partial charge is 0.177 e. The summed E-state index contributed by atoms with van der Waals surface area (Å²) < 4.78 is 5.19. The number of rotatable bonds is 3. The van der Waals surface area contributed by atoms with Gasteiger partial charge in [-0.1, -0.05) is 0 Å². The quantitative estimate of drug-likeness (QED) is 0.754. The number of carbonyl (C=O) groups is 1. The molecular formula is C12H15NO4. The average Bonchev–Trinajstić information content (AvgIpc) is 2.29. The molecule has 0 aromatic heterocycles. The van der Waals surface area contributed by atoms with Crippen LogP contribution in [0.3, 0.4) is 0 Å². The van der Waals surface area contributed by atoms with Crippen LogP contribution < -0.4 is 0 Å². The van der Waals surface area contributed by atoms with E-state index in [0.717, 1.165) is 13.1 Å². The highest BCUT2D eigenvalue weighted by Gasteiger charge is 2.16. The molecule has 0 atom stereocenters. The summed E-state index contributed by atoms with van der Waals surface area (Å²) in [5.41, 5.74) is 0.328. The summed E-state index contributed by atoms with van der Waals surface area (Å²) in [4.78, 5) is 13.9. The molecular weight excluding hydrogens is 222 g/mol. The number of ketones is 1. The minimum atomic E-state index is -0.113. The van der Waals surface area contributed by atoms with Gasteiger partial charge in [-0.05, 0) is 12.1 Å². The molecule has 1 aliphatic rings. The molecule has 0 radical (unpaired) electrons. The number of nitrogens with zero attached hydrogens (tertiary/aromatic N) is 1. The van der Waals surface area contributed by atoms with Crippen molar-refractivity contribution in [2.45, 2.75) is 0 Å². The summed E-state index contributed by atoms with van der Waals surface area (Å²) in [7, 11) is 0. The Bertz CT molecular complexity index is 393. The molecule has 0 aliphatic carbocycles. The van der Waals surface area contributed by atoms with Crippen molar-refractivity contribution in [3.63, 3.8) is 0 Å². The Morgan fingerprint density at radius 2 is 1.76 bits per heavy atom. The average molecular weight is 237 g/mol. The Morgan fingerprint density at radius 3 is 2.35 bits per heavy atom. The highest BCUT2D eigenvalue weighted by molar-refractivity contribution is 5.98. The maximum Gasteiger partial charge on any atom is 0.177 e. The van der Waals surface area contributed by atoms with E-state index in [0.29, 0.717) is 18.8 Å². The zero-order valence-corrected chi connectivity index (χ0v) is 9.43. The molecule has 5 nitrogen and oxygen atoms in total. The van der Waals surface area contributed by atoms with Crippen LogP contribution in [0.25, 0.3) is 0 Å². The number of morpholine rings is 1. The maximum absolute atomic E-state index is 11.9. The second-order valence-electron chi connectivity index (χ2n) is 4.05. The Labute approximate surface area is 99.2 Å². The Hall–Kier alpha value is -1.59. The fourth-order valence-electron chi connectivity index (χ4n) is 1.81. The number of aromatic hydroxyl groups is 2. The van der Waals surface area contributed by atoms with Gasteiger partial charge in [0.15, 0.2) is 5.78 Å². The second kappa shape index (κ2) is 5.16. The van der Waals surface area contributed by atoms with Crippen molar-refractivity contribution in [1.82, 2.24) is 4.90 Å². The monoisotopic (exact) mass is 237 g/mol. The zero-order chi connectivity index (χ0) is 12.3. The van der Waals surface area contributed by atoms with Crippen molar-refractivity contribution >= 4 is 5.78 Å². The lowest BCUT2D eigenvalue weighted by molar-refractivity contribution is 0.0371. The molecule has 1 aliphatic heterocycles. The first-order valence-corrected chi connectivity index (χ1v) is 5.51. The molecule has 2 N–H and O–H groups in total. The van der Waals surface area contributed by atoms with E-state index in [2.05, 4.69) is 0 Å². The van der Waals surface area contributed by atoms with Crippen molar-refractivity contribution in [2.24, 2.45) is 0 Å². The molecule has 92 valence electrons. The molecule has 1 aromatic carbocycles. The first-order valence-electron chi connectivity index (χ1n) is 5.51. The molecule has 2 rings (SSSR count). The number of ether oxygens (including phenoxy) is 1. The third-order valence-electron chi connectivity index (χ3n) is 2.70. The van der Waals surface area contributed by atoms with E-state index in [1.54, 1.807) is 0 Å². The van der Waals surface area contributed by atoms with E-state index < -0.39 is 0 Å². The van der Waals surface area contributed by atoms with Crippen LogP contribution in [0.5, 0.6) is 11.5 Å². The molecule has 1 saturated heterocycles.